The van der Waals surface area contributed by atoms with Gasteiger partial charge in [0.25, 0.3) is 0 Å². The average molecular weight is 265 g/mol. The van der Waals surface area contributed by atoms with Crippen LogP contribution in [0.5, 0.6) is 0 Å². The van der Waals surface area contributed by atoms with Gasteiger partial charge in [0.1, 0.15) is 0 Å². The van der Waals surface area contributed by atoms with E-state index in [9.17, 15) is 18.0 Å². The second-order valence-electron chi connectivity index (χ2n) is 4.21. The number of ketones is 1. The van der Waals surface area contributed by atoms with Crippen LogP contribution in [0.2, 0.25) is 5.02 Å². The minimum Gasteiger partial charge on any atom is -0.294 e. The number of rotatable bonds is 3. The maximum atomic E-state index is 12.7. The number of hydrogen-bond donors (Lipinski definition) is 0. The molecule has 0 aromatic heterocycles. The van der Waals surface area contributed by atoms with Gasteiger partial charge in [-0.25, -0.2) is 0 Å². The summed E-state index contributed by atoms with van der Waals surface area (Å²) < 4.78 is 38.0. The van der Waals surface area contributed by atoms with Crippen LogP contribution in [0, 0.1) is 5.92 Å². The van der Waals surface area contributed by atoms with Crippen LogP contribution in [0.15, 0.2) is 18.2 Å². The minimum atomic E-state index is -4.54. The zero-order valence-corrected chi connectivity index (χ0v) is 10.2. The summed E-state index contributed by atoms with van der Waals surface area (Å²) in [5.74, 6) is -0.530. The Morgan fingerprint density at radius 3 is 2.41 bits per heavy atom. The quantitative estimate of drug-likeness (QED) is 0.730. The third-order valence-corrected chi connectivity index (χ3v) is 2.42. The third-order valence-electron chi connectivity index (χ3n) is 2.18. The van der Waals surface area contributed by atoms with Gasteiger partial charge < -0.3 is 0 Å². The van der Waals surface area contributed by atoms with E-state index in [4.69, 9.17) is 11.6 Å². The molecule has 1 rings (SSSR count). The standard InChI is InChI=1S/C12H12ClF3O/c1-7(2)5-11(17)9-6-8(13)3-4-10(9)12(14,15)16/h3-4,6-7H,5H2,1-2H3. The molecule has 1 aromatic carbocycles. The van der Waals surface area contributed by atoms with Crippen LogP contribution < -0.4 is 0 Å². The molecule has 94 valence electrons. The van der Waals surface area contributed by atoms with E-state index >= 15 is 0 Å². The number of halogens is 4. The van der Waals surface area contributed by atoms with Crippen molar-refractivity contribution < 1.29 is 18.0 Å². The summed E-state index contributed by atoms with van der Waals surface area (Å²) in [5.41, 5.74) is -1.27. The van der Waals surface area contributed by atoms with E-state index in [0.717, 1.165) is 18.2 Å². The van der Waals surface area contributed by atoms with E-state index in [2.05, 4.69) is 0 Å². The van der Waals surface area contributed by atoms with Crippen LogP contribution in [-0.4, -0.2) is 5.78 Å². The molecule has 1 aromatic rings. The molecule has 0 radical (unpaired) electrons. The Balaban J connectivity index is 3.21. The lowest BCUT2D eigenvalue weighted by Crippen LogP contribution is -2.14. The average Bonchev–Trinajstić information content (AvgIpc) is 2.14. The molecule has 0 spiro atoms. The van der Waals surface area contributed by atoms with Crippen molar-refractivity contribution in [3.05, 3.63) is 34.3 Å². The van der Waals surface area contributed by atoms with Gasteiger partial charge in [0.15, 0.2) is 5.78 Å². The summed E-state index contributed by atoms with van der Waals surface area (Å²) in [7, 11) is 0. The highest BCUT2D eigenvalue weighted by atomic mass is 35.5. The Kier molecular flexibility index (Phi) is 4.20. The highest BCUT2D eigenvalue weighted by Gasteiger charge is 2.35. The number of Topliss-reactive ketones (excluding diaryl/α,β-unsaturated/α-hetero) is 1. The first kappa shape index (κ1) is 14.0. The van der Waals surface area contributed by atoms with Gasteiger partial charge in [-0.15, -0.1) is 0 Å². The largest absolute Gasteiger partial charge is 0.417 e. The molecule has 0 N–H and O–H groups in total. The molecule has 0 heterocycles. The van der Waals surface area contributed by atoms with Gasteiger partial charge in [0.2, 0.25) is 0 Å². The molecule has 0 aliphatic rings. The predicted octanol–water partition coefficient (Wildman–Crippen LogP) is 4.59. The van der Waals surface area contributed by atoms with Crippen molar-refractivity contribution in [2.45, 2.75) is 26.4 Å². The van der Waals surface area contributed by atoms with Crippen molar-refractivity contribution in [1.82, 2.24) is 0 Å². The Labute approximate surface area is 103 Å². The molecule has 0 amide bonds. The minimum absolute atomic E-state index is 0.00238. The van der Waals surface area contributed by atoms with Crippen LogP contribution in [-0.2, 0) is 6.18 Å². The molecule has 0 unspecified atom stereocenters. The number of carbonyl (C=O) groups excluding carboxylic acids is 1. The van der Waals surface area contributed by atoms with Crippen molar-refractivity contribution in [2.24, 2.45) is 5.92 Å². The third kappa shape index (κ3) is 3.73. The SMILES string of the molecule is CC(C)CC(=O)c1cc(Cl)ccc1C(F)(F)F. The zero-order valence-electron chi connectivity index (χ0n) is 9.44. The molecular formula is C12H12ClF3O. The lowest BCUT2D eigenvalue weighted by molar-refractivity contribution is -0.137. The van der Waals surface area contributed by atoms with Crippen LogP contribution in [0.1, 0.15) is 36.2 Å². The maximum Gasteiger partial charge on any atom is 0.417 e. The van der Waals surface area contributed by atoms with Crippen LogP contribution >= 0.6 is 11.6 Å². The van der Waals surface area contributed by atoms with E-state index < -0.39 is 17.5 Å². The van der Waals surface area contributed by atoms with Crippen LogP contribution in [0.25, 0.3) is 0 Å². The first-order chi connectivity index (χ1) is 7.71. The van der Waals surface area contributed by atoms with Gasteiger partial charge >= 0.3 is 6.18 Å². The number of benzene rings is 1. The molecule has 0 saturated heterocycles. The van der Waals surface area contributed by atoms with Crippen LogP contribution in [0.3, 0.4) is 0 Å². The maximum absolute atomic E-state index is 12.7. The van der Waals surface area contributed by atoms with Gasteiger partial charge in [-0.2, -0.15) is 13.2 Å². The van der Waals surface area contributed by atoms with E-state index in [1.165, 1.54) is 0 Å². The molecule has 0 fully saturated rings. The normalized spacial score (nSPS) is 11.9. The monoisotopic (exact) mass is 264 g/mol. The van der Waals surface area contributed by atoms with Gasteiger partial charge in [-0.05, 0) is 24.1 Å². The van der Waals surface area contributed by atoms with Crippen molar-refractivity contribution in [2.75, 3.05) is 0 Å². The molecule has 0 aliphatic heterocycles. The highest BCUT2D eigenvalue weighted by Crippen LogP contribution is 2.34. The second-order valence-corrected chi connectivity index (χ2v) is 4.65. The van der Waals surface area contributed by atoms with E-state index in [0.29, 0.717) is 0 Å². The molecule has 0 saturated carbocycles. The summed E-state index contributed by atoms with van der Waals surface area (Å²) in [6.45, 7) is 3.55. The predicted molar refractivity (Wildman–Crippen MR) is 60.2 cm³/mol. The van der Waals surface area contributed by atoms with Crippen molar-refractivity contribution in [3.63, 3.8) is 0 Å². The lowest BCUT2D eigenvalue weighted by Gasteiger charge is -2.13. The summed E-state index contributed by atoms with van der Waals surface area (Å²) in [5, 5.41) is 0.130. The number of carbonyl (C=O) groups is 1. The van der Waals surface area contributed by atoms with Gasteiger partial charge in [-0.3, -0.25) is 4.79 Å². The fourth-order valence-electron chi connectivity index (χ4n) is 1.48. The Morgan fingerprint density at radius 1 is 1.35 bits per heavy atom. The molecule has 0 atom stereocenters. The Morgan fingerprint density at radius 2 is 1.94 bits per heavy atom. The first-order valence-corrected chi connectivity index (χ1v) is 5.49. The lowest BCUT2D eigenvalue weighted by atomic mass is 9.97. The van der Waals surface area contributed by atoms with Gasteiger partial charge in [0, 0.05) is 17.0 Å². The van der Waals surface area contributed by atoms with Crippen molar-refractivity contribution in [3.8, 4) is 0 Å². The van der Waals surface area contributed by atoms with Crippen molar-refractivity contribution >= 4 is 17.4 Å². The van der Waals surface area contributed by atoms with Crippen molar-refractivity contribution in [1.29, 1.82) is 0 Å². The molecule has 1 nitrogen and oxygen atoms in total. The van der Waals surface area contributed by atoms with E-state index in [-0.39, 0.29) is 22.9 Å². The topological polar surface area (TPSA) is 17.1 Å². The number of hydrogen-bond acceptors (Lipinski definition) is 1. The molecule has 0 aliphatic carbocycles. The first-order valence-electron chi connectivity index (χ1n) is 5.11. The van der Waals surface area contributed by atoms with Gasteiger partial charge in [-0.1, -0.05) is 25.4 Å². The summed E-state index contributed by atoms with van der Waals surface area (Å²) in [6.07, 6.45) is -4.46. The molecule has 17 heavy (non-hydrogen) atoms. The van der Waals surface area contributed by atoms with E-state index in [1.54, 1.807) is 13.8 Å². The summed E-state index contributed by atoms with van der Waals surface area (Å²) >= 11 is 5.63. The fraction of sp³-hybridized carbons (Fsp3) is 0.417. The molecule has 0 bridgehead atoms. The Bertz CT molecular complexity index is 424. The second kappa shape index (κ2) is 5.08. The molecular weight excluding hydrogens is 253 g/mol. The smallest absolute Gasteiger partial charge is 0.294 e. The molecule has 5 heteroatoms. The zero-order chi connectivity index (χ0) is 13.2. The van der Waals surface area contributed by atoms with Crippen LogP contribution in [0.4, 0.5) is 13.2 Å². The fourth-order valence-corrected chi connectivity index (χ4v) is 1.65. The van der Waals surface area contributed by atoms with Gasteiger partial charge in [0.05, 0.1) is 5.56 Å². The Hall–Kier alpha value is -1.03. The highest BCUT2D eigenvalue weighted by molar-refractivity contribution is 6.31. The van der Waals surface area contributed by atoms with E-state index in [1.807, 2.05) is 0 Å². The summed E-state index contributed by atoms with van der Waals surface area (Å²) in [6, 6.07) is 3.06. The summed E-state index contributed by atoms with van der Waals surface area (Å²) in [4.78, 5) is 11.7. The number of alkyl halides is 3.